The summed E-state index contributed by atoms with van der Waals surface area (Å²) in [4.78, 5) is 2.46. The predicted molar refractivity (Wildman–Crippen MR) is 84.0 cm³/mol. The molecule has 0 radical (unpaired) electrons. The average molecular weight is 294 g/mol. The topological polar surface area (TPSA) is 38.5 Å². The summed E-state index contributed by atoms with van der Waals surface area (Å²) in [7, 11) is 1.56. The first-order valence-corrected chi connectivity index (χ1v) is 8.02. The molecule has 0 amide bonds. The van der Waals surface area contributed by atoms with Crippen LogP contribution >= 0.6 is 0 Å². The molecule has 4 heteroatoms. The Morgan fingerprint density at radius 3 is 2.52 bits per heavy atom. The van der Waals surface area contributed by atoms with Crippen molar-refractivity contribution in [2.24, 2.45) is 5.73 Å². The molecule has 0 aromatic heterocycles. The summed E-state index contributed by atoms with van der Waals surface area (Å²) in [5.74, 6) is 0.282. The van der Waals surface area contributed by atoms with Crippen LogP contribution in [0.1, 0.15) is 50.1 Å². The first-order chi connectivity index (χ1) is 10.2. The molecule has 118 valence electrons. The smallest absolute Gasteiger partial charge is 0.131 e. The number of likely N-dealkylation sites (tertiary alicyclic amines) is 1. The molecule has 0 saturated carbocycles. The summed E-state index contributed by atoms with van der Waals surface area (Å²) in [5.41, 5.74) is 6.72. The summed E-state index contributed by atoms with van der Waals surface area (Å²) < 4.78 is 19.2. The van der Waals surface area contributed by atoms with Crippen molar-refractivity contribution in [1.29, 1.82) is 0 Å². The summed E-state index contributed by atoms with van der Waals surface area (Å²) in [5, 5.41) is 0. The summed E-state index contributed by atoms with van der Waals surface area (Å²) in [6, 6.07) is 4.57. The summed E-state index contributed by atoms with van der Waals surface area (Å²) in [6.45, 7) is 3.21. The van der Waals surface area contributed by atoms with Gasteiger partial charge in [-0.1, -0.05) is 25.3 Å². The van der Waals surface area contributed by atoms with E-state index >= 15 is 0 Å². The van der Waals surface area contributed by atoms with Crippen molar-refractivity contribution in [2.75, 3.05) is 26.7 Å². The third kappa shape index (κ3) is 4.68. The Hall–Kier alpha value is -1.13. The zero-order valence-corrected chi connectivity index (χ0v) is 13.0. The van der Waals surface area contributed by atoms with E-state index in [0.717, 1.165) is 26.1 Å². The van der Waals surface area contributed by atoms with Crippen molar-refractivity contribution < 1.29 is 9.13 Å². The number of hydrogen-bond acceptors (Lipinski definition) is 3. The lowest BCUT2D eigenvalue weighted by Gasteiger charge is -2.26. The molecule has 1 unspecified atom stereocenters. The van der Waals surface area contributed by atoms with Gasteiger partial charge in [0.2, 0.25) is 0 Å². The second kappa shape index (κ2) is 8.35. The van der Waals surface area contributed by atoms with Gasteiger partial charge in [-0.2, -0.15) is 0 Å². The lowest BCUT2D eigenvalue weighted by Crippen LogP contribution is -2.30. The van der Waals surface area contributed by atoms with E-state index in [1.165, 1.54) is 38.2 Å². The fraction of sp³-hybridized carbons (Fsp3) is 0.647. The molecular formula is C17H27FN2O. The highest BCUT2D eigenvalue weighted by atomic mass is 19.1. The van der Waals surface area contributed by atoms with Crippen LogP contribution in [0, 0.1) is 5.82 Å². The highest BCUT2D eigenvalue weighted by Gasteiger charge is 2.18. The molecule has 0 bridgehead atoms. The zero-order chi connectivity index (χ0) is 15.1. The number of nitrogens with zero attached hydrogens (tertiary/aromatic N) is 1. The van der Waals surface area contributed by atoms with Crippen molar-refractivity contribution in [1.82, 2.24) is 4.90 Å². The first-order valence-electron chi connectivity index (χ1n) is 8.02. The van der Waals surface area contributed by atoms with Gasteiger partial charge in [0.1, 0.15) is 11.6 Å². The molecule has 1 saturated heterocycles. The molecule has 3 nitrogen and oxygen atoms in total. The van der Waals surface area contributed by atoms with E-state index in [-0.39, 0.29) is 11.9 Å². The van der Waals surface area contributed by atoms with Crippen LogP contribution in [-0.4, -0.2) is 31.6 Å². The Labute approximate surface area is 127 Å². The zero-order valence-electron chi connectivity index (χ0n) is 13.0. The Kier molecular flexibility index (Phi) is 6.46. The van der Waals surface area contributed by atoms with Crippen molar-refractivity contribution >= 4 is 0 Å². The molecule has 2 rings (SSSR count). The van der Waals surface area contributed by atoms with Gasteiger partial charge in [-0.3, -0.25) is 0 Å². The molecule has 0 spiro atoms. The Balaban J connectivity index is 1.93. The van der Waals surface area contributed by atoms with Gasteiger partial charge in [-0.15, -0.1) is 0 Å². The molecular weight excluding hydrogens is 267 g/mol. The van der Waals surface area contributed by atoms with Crippen molar-refractivity contribution in [3.05, 3.63) is 29.6 Å². The van der Waals surface area contributed by atoms with Gasteiger partial charge >= 0.3 is 0 Å². The third-order valence-corrected chi connectivity index (χ3v) is 4.31. The fourth-order valence-corrected chi connectivity index (χ4v) is 3.06. The van der Waals surface area contributed by atoms with E-state index in [4.69, 9.17) is 10.5 Å². The Morgan fingerprint density at radius 2 is 1.86 bits per heavy atom. The van der Waals surface area contributed by atoms with Gasteiger partial charge in [0.25, 0.3) is 0 Å². The van der Waals surface area contributed by atoms with E-state index in [9.17, 15) is 4.39 Å². The van der Waals surface area contributed by atoms with Crippen LogP contribution in [0.2, 0.25) is 0 Å². The highest BCUT2D eigenvalue weighted by Crippen LogP contribution is 2.28. The van der Waals surface area contributed by atoms with Crippen LogP contribution in [0.3, 0.4) is 0 Å². The van der Waals surface area contributed by atoms with Crippen LogP contribution in [0.5, 0.6) is 5.75 Å². The number of methoxy groups -OCH3 is 1. The maximum atomic E-state index is 14.0. The van der Waals surface area contributed by atoms with Crippen LogP contribution in [0.4, 0.5) is 4.39 Å². The van der Waals surface area contributed by atoms with Crippen LogP contribution in [0.15, 0.2) is 18.2 Å². The van der Waals surface area contributed by atoms with E-state index in [1.807, 2.05) is 0 Å². The SMILES string of the molecule is COc1cccc(F)c1C(N)CCN1CCCCCCC1. The van der Waals surface area contributed by atoms with Crippen molar-refractivity contribution in [3.63, 3.8) is 0 Å². The van der Waals surface area contributed by atoms with Crippen molar-refractivity contribution in [3.8, 4) is 5.75 Å². The van der Waals surface area contributed by atoms with Crippen molar-refractivity contribution in [2.45, 2.75) is 44.6 Å². The molecule has 1 aliphatic heterocycles. The van der Waals surface area contributed by atoms with Crippen LogP contribution in [0.25, 0.3) is 0 Å². The molecule has 1 aromatic rings. The van der Waals surface area contributed by atoms with Crippen LogP contribution in [-0.2, 0) is 0 Å². The largest absolute Gasteiger partial charge is 0.496 e. The van der Waals surface area contributed by atoms with Gasteiger partial charge in [-0.25, -0.2) is 4.39 Å². The molecule has 1 heterocycles. The minimum absolute atomic E-state index is 0.269. The molecule has 21 heavy (non-hydrogen) atoms. The number of nitrogens with two attached hydrogens (primary N) is 1. The fourth-order valence-electron chi connectivity index (χ4n) is 3.06. The average Bonchev–Trinajstić information content (AvgIpc) is 2.45. The molecule has 2 N–H and O–H groups in total. The summed E-state index contributed by atoms with van der Waals surface area (Å²) >= 11 is 0. The quantitative estimate of drug-likeness (QED) is 0.903. The maximum absolute atomic E-state index is 14.0. The normalized spacial score (nSPS) is 18.8. The number of halogens is 1. The monoisotopic (exact) mass is 294 g/mol. The lowest BCUT2D eigenvalue weighted by molar-refractivity contribution is 0.238. The molecule has 1 atom stereocenters. The maximum Gasteiger partial charge on any atom is 0.131 e. The minimum atomic E-state index is -0.313. The second-order valence-corrected chi connectivity index (χ2v) is 5.86. The van der Waals surface area contributed by atoms with E-state index in [2.05, 4.69) is 4.90 Å². The van der Waals surface area contributed by atoms with Gasteiger partial charge in [0.05, 0.1) is 7.11 Å². The van der Waals surface area contributed by atoms with E-state index in [0.29, 0.717) is 11.3 Å². The Bertz CT molecular complexity index is 431. The van der Waals surface area contributed by atoms with E-state index in [1.54, 1.807) is 19.2 Å². The van der Waals surface area contributed by atoms with Gasteiger partial charge in [0.15, 0.2) is 0 Å². The second-order valence-electron chi connectivity index (χ2n) is 5.86. The molecule has 1 fully saturated rings. The number of hydrogen-bond donors (Lipinski definition) is 1. The van der Waals surface area contributed by atoms with Crippen LogP contribution < -0.4 is 10.5 Å². The number of benzene rings is 1. The Morgan fingerprint density at radius 1 is 1.19 bits per heavy atom. The highest BCUT2D eigenvalue weighted by molar-refractivity contribution is 5.37. The van der Waals surface area contributed by atoms with Gasteiger partial charge in [-0.05, 0) is 51.0 Å². The number of rotatable bonds is 5. The molecule has 0 aliphatic carbocycles. The third-order valence-electron chi connectivity index (χ3n) is 4.31. The minimum Gasteiger partial charge on any atom is -0.496 e. The first kappa shape index (κ1) is 16.2. The lowest BCUT2D eigenvalue weighted by atomic mass is 10.0. The molecule has 1 aromatic carbocycles. The van der Waals surface area contributed by atoms with Gasteiger partial charge in [0, 0.05) is 11.6 Å². The van der Waals surface area contributed by atoms with E-state index < -0.39 is 0 Å². The van der Waals surface area contributed by atoms with Gasteiger partial charge < -0.3 is 15.4 Å². The standard InChI is InChI=1S/C17H27FN2O/c1-21-16-9-7-8-14(18)17(16)15(19)10-13-20-11-5-3-2-4-6-12-20/h7-9,15H,2-6,10-13,19H2,1H3. The summed E-state index contributed by atoms with van der Waals surface area (Å²) in [6.07, 6.45) is 7.29. The number of ether oxygens (including phenoxy) is 1. The molecule has 1 aliphatic rings. The predicted octanol–water partition coefficient (Wildman–Crippen LogP) is 3.49.